The van der Waals surface area contributed by atoms with Crippen LogP contribution >= 0.6 is 59.1 Å². The average molecular weight is 493 g/mol. The second-order valence-electron chi connectivity index (χ2n) is 4.54. The average Bonchev–Trinajstić information content (AvgIpc) is 2.76. The topological polar surface area (TPSA) is 38.9 Å². The third-order valence-corrected chi connectivity index (χ3v) is 5.26. The van der Waals surface area contributed by atoms with Crippen LogP contribution < -0.4 is 5.73 Å². The highest BCUT2D eigenvalue weighted by Gasteiger charge is 2.04. The van der Waals surface area contributed by atoms with Gasteiger partial charge < -0.3 is 5.73 Å². The zero-order valence-electron chi connectivity index (χ0n) is 11.5. The van der Waals surface area contributed by atoms with Crippen LogP contribution in [-0.4, -0.2) is 4.98 Å². The van der Waals surface area contributed by atoms with Gasteiger partial charge in [-0.3, -0.25) is 0 Å². The molecule has 1 aromatic heterocycles. The zero-order chi connectivity index (χ0) is 15.6. The number of anilines is 1. The molecule has 2 N–H and O–H groups in total. The van der Waals surface area contributed by atoms with Crippen LogP contribution in [0.3, 0.4) is 0 Å². The fourth-order valence-electron chi connectivity index (χ4n) is 1.77. The fraction of sp³-hybridized carbons (Fsp3) is 0.133. The second-order valence-corrected chi connectivity index (χ2v) is 8.68. The van der Waals surface area contributed by atoms with Crippen molar-refractivity contribution in [3.05, 3.63) is 54.3 Å². The van der Waals surface area contributed by atoms with Gasteiger partial charge in [-0.05, 0) is 71.2 Å². The first kappa shape index (κ1) is 16.9. The van der Waals surface area contributed by atoms with Gasteiger partial charge in [0.15, 0.2) is 3.92 Å². The SMILES string of the molecule is Cc1cc(Br)cc2sc(Br)nc12.Cc1cc(Br)ccc1N. The molecule has 0 amide bonds. The monoisotopic (exact) mass is 490 g/mol. The van der Waals surface area contributed by atoms with E-state index < -0.39 is 0 Å². The summed E-state index contributed by atoms with van der Waals surface area (Å²) in [6.45, 7) is 4.05. The van der Waals surface area contributed by atoms with Crippen molar-refractivity contribution in [1.29, 1.82) is 0 Å². The highest BCUT2D eigenvalue weighted by molar-refractivity contribution is 9.11. The number of aromatic nitrogens is 1. The molecule has 0 aliphatic heterocycles. The second kappa shape index (κ2) is 7.22. The molecular weight excluding hydrogens is 480 g/mol. The normalized spacial score (nSPS) is 10.3. The Morgan fingerprint density at radius 1 is 0.952 bits per heavy atom. The molecule has 0 radical (unpaired) electrons. The number of halogens is 3. The molecule has 0 fully saturated rings. The van der Waals surface area contributed by atoms with Gasteiger partial charge in [0.1, 0.15) is 0 Å². The predicted molar refractivity (Wildman–Crippen MR) is 103 cm³/mol. The molecule has 0 spiro atoms. The van der Waals surface area contributed by atoms with Crippen molar-refractivity contribution in [3.8, 4) is 0 Å². The van der Waals surface area contributed by atoms with E-state index in [0.29, 0.717) is 0 Å². The van der Waals surface area contributed by atoms with Crippen molar-refractivity contribution in [3.63, 3.8) is 0 Å². The Hall–Kier alpha value is -0.430. The van der Waals surface area contributed by atoms with Gasteiger partial charge in [-0.15, -0.1) is 11.3 Å². The van der Waals surface area contributed by atoms with Crippen LogP contribution in [-0.2, 0) is 0 Å². The van der Waals surface area contributed by atoms with Crippen molar-refractivity contribution < 1.29 is 0 Å². The van der Waals surface area contributed by atoms with E-state index in [9.17, 15) is 0 Å². The molecule has 3 aromatic rings. The summed E-state index contributed by atoms with van der Waals surface area (Å²) in [6, 6.07) is 9.98. The Morgan fingerprint density at radius 3 is 2.24 bits per heavy atom. The van der Waals surface area contributed by atoms with Gasteiger partial charge in [0.05, 0.1) is 10.2 Å². The molecule has 110 valence electrons. The van der Waals surface area contributed by atoms with E-state index in [1.165, 1.54) is 10.3 Å². The molecule has 21 heavy (non-hydrogen) atoms. The van der Waals surface area contributed by atoms with Crippen LogP contribution in [0.5, 0.6) is 0 Å². The Kier molecular flexibility index (Phi) is 5.82. The molecule has 0 aliphatic rings. The Bertz CT molecular complexity index is 784. The third kappa shape index (κ3) is 4.52. The fourth-order valence-corrected chi connectivity index (χ4v) is 4.47. The first-order valence-electron chi connectivity index (χ1n) is 6.10. The van der Waals surface area contributed by atoms with Gasteiger partial charge in [-0.2, -0.15) is 0 Å². The predicted octanol–water partition coefficient (Wildman–Crippen LogP) is 6.47. The van der Waals surface area contributed by atoms with Gasteiger partial charge in [-0.1, -0.05) is 31.9 Å². The number of benzene rings is 2. The first-order chi connectivity index (χ1) is 9.86. The van der Waals surface area contributed by atoms with Crippen molar-refractivity contribution >= 4 is 75.0 Å². The summed E-state index contributed by atoms with van der Waals surface area (Å²) in [7, 11) is 0. The number of nitrogen functional groups attached to an aromatic ring is 1. The maximum Gasteiger partial charge on any atom is 0.160 e. The van der Waals surface area contributed by atoms with Crippen molar-refractivity contribution in [2.45, 2.75) is 13.8 Å². The van der Waals surface area contributed by atoms with Crippen molar-refractivity contribution in [1.82, 2.24) is 4.98 Å². The quantitative estimate of drug-likeness (QED) is 0.365. The lowest BCUT2D eigenvalue weighted by molar-refractivity contribution is 1.39. The lowest BCUT2D eigenvalue weighted by Gasteiger charge is -1.97. The van der Waals surface area contributed by atoms with Crippen LogP contribution in [0.4, 0.5) is 5.69 Å². The summed E-state index contributed by atoms with van der Waals surface area (Å²) in [5.74, 6) is 0. The summed E-state index contributed by atoms with van der Waals surface area (Å²) in [4.78, 5) is 4.37. The molecule has 6 heteroatoms. The molecule has 2 aromatic carbocycles. The Labute approximate surface area is 153 Å². The minimum atomic E-state index is 0.846. The van der Waals surface area contributed by atoms with Gasteiger partial charge in [0.2, 0.25) is 0 Å². The third-order valence-electron chi connectivity index (χ3n) is 2.86. The van der Waals surface area contributed by atoms with Crippen LogP contribution in [0.25, 0.3) is 10.2 Å². The van der Waals surface area contributed by atoms with Crippen LogP contribution in [0, 0.1) is 13.8 Å². The molecule has 0 unspecified atom stereocenters. The van der Waals surface area contributed by atoms with E-state index in [4.69, 9.17) is 5.73 Å². The Balaban J connectivity index is 0.000000161. The summed E-state index contributed by atoms with van der Waals surface area (Å²) in [5, 5.41) is 0. The highest BCUT2D eigenvalue weighted by atomic mass is 79.9. The molecule has 0 saturated carbocycles. The minimum Gasteiger partial charge on any atom is -0.399 e. The smallest absolute Gasteiger partial charge is 0.160 e. The van der Waals surface area contributed by atoms with Crippen molar-refractivity contribution in [2.24, 2.45) is 0 Å². The molecule has 0 aliphatic carbocycles. The number of thiazole rings is 1. The molecule has 1 heterocycles. The Morgan fingerprint density at radius 2 is 1.62 bits per heavy atom. The highest BCUT2D eigenvalue weighted by Crippen LogP contribution is 2.30. The maximum atomic E-state index is 5.57. The van der Waals surface area contributed by atoms with Crippen molar-refractivity contribution in [2.75, 3.05) is 5.73 Å². The van der Waals surface area contributed by atoms with E-state index in [-0.39, 0.29) is 0 Å². The first-order valence-corrected chi connectivity index (χ1v) is 9.30. The summed E-state index contributed by atoms with van der Waals surface area (Å²) in [5.41, 5.74) is 9.83. The number of hydrogen-bond acceptors (Lipinski definition) is 3. The van der Waals surface area contributed by atoms with Gasteiger partial charge in [-0.25, -0.2) is 4.98 Å². The van der Waals surface area contributed by atoms with E-state index >= 15 is 0 Å². The van der Waals surface area contributed by atoms with Crippen LogP contribution in [0.2, 0.25) is 0 Å². The standard InChI is InChI=1S/C8H5Br2NS.C7H8BrN/c1-4-2-5(9)3-6-7(4)11-8(10)12-6;1-5-4-6(8)2-3-7(5)9/h2-3H,1H3;2-4H,9H2,1H3. The van der Waals surface area contributed by atoms with Crippen LogP contribution in [0.15, 0.2) is 43.2 Å². The molecule has 0 saturated heterocycles. The molecule has 3 rings (SSSR count). The number of aryl methyl sites for hydroxylation is 2. The molecular formula is C15H13Br3N2S. The lowest BCUT2D eigenvalue weighted by atomic mass is 10.2. The zero-order valence-corrected chi connectivity index (χ0v) is 17.0. The molecule has 0 atom stereocenters. The summed E-state index contributed by atoms with van der Waals surface area (Å²) in [6.07, 6.45) is 0. The number of nitrogens with two attached hydrogens (primary N) is 1. The summed E-state index contributed by atoms with van der Waals surface area (Å²) < 4.78 is 4.35. The van der Waals surface area contributed by atoms with E-state index in [0.717, 1.165) is 29.6 Å². The van der Waals surface area contributed by atoms with Gasteiger partial charge in [0.25, 0.3) is 0 Å². The number of rotatable bonds is 0. The number of hydrogen-bond donors (Lipinski definition) is 1. The van der Waals surface area contributed by atoms with Gasteiger partial charge in [0, 0.05) is 14.6 Å². The molecule has 2 nitrogen and oxygen atoms in total. The number of fused-ring (bicyclic) bond motifs is 1. The minimum absolute atomic E-state index is 0.846. The maximum absolute atomic E-state index is 5.57. The molecule has 0 bridgehead atoms. The largest absolute Gasteiger partial charge is 0.399 e. The van der Waals surface area contributed by atoms with Crippen LogP contribution in [0.1, 0.15) is 11.1 Å². The number of nitrogens with zero attached hydrogens (tertiary/aromatic N) is 1. The van der Waals surface area contributed by atoms with E-state index in [2.05, 4.69) is 71.8 Å². The lowest BCUT2D eigenvalue weighted by Crippen LogP contribution is -1.87. The van der Waals surface area contributed by atoms with E-state index in [1.54, 1.807) is 11.3 Å². The van der Waals surface area contributed by atoms with Gasteiger partial charge >= 0.3 is 0 Å². The van der Waals surface area contributed by atoms with E-state index in [1.807, 2.05) is 25.1 Å². The summed E-state index contributed by atoms with van der Waals surface area (Å²) >= 11 is 11.8.